The minimum Gasteiger partial charge on any atom is -0.354 e. The first-order valence-corrected chi connectivity index (χ1v) is 6.93. The average Bonchev–Trinajstić information content (AvgIpc) is 2.44. The number of rotatable bonds is 5. The number of benzene rings is 1. The zero-order valence-corrected chi connectivity index (χ0v) is 12.5. The maximum Gasteiger partial charge on any atom is 0.316 e. The first-order valence-electron chi connectivity index (χ1n) is 6.55. The summed E-state index contributed by atoms with van der Waals surface area (Å²) in [4.78, 5) is 19.3. The molecule has 0 unspecified atom stereocenters. The van der Waals surface area contributed by atoms with E-state index >= 15 is 0 Å². The molecule has 1 heterocycles. The van der Waals surface area contributed by atoms with Gasteiger partial charge in [0.2, 0.25) is 5.95 Å². The molecule has 110 valence electrons. The lowest BCUT2D eigenvalue weighted by Crippen LogP contribution is -2.08. The number of nitrogens with one attached hydrogen (secondary N) is 1. The molecule has 7 heteroatoms. The van der Waals surface area contributed by atoms with Crippen molar-refractivity contribution in [1.82, 2.24) is 9.97 Å². The molecule has 1 aromatic carbocycles. The molecule has 2 rings (SSSR count). The van der Waals surface area contributed by atoms with Crippen LogP contribution in [-0.2, 0) is 0 Å². The number of hydrogen-bond donors (Lipinski definition) is 1. The van der Waals surface area contributed by atoms with Gasteiger partial charge >= 0.3 is 5.69 Å². The van der Waals surface area contributed by atoms with Gasteiger partial charge in [-0.25, -0.2) is 9.97 Å². The number of nitrogens with zero attached hydrogens (tertiary/aromatic N) is 3. The summed E-state index contributed by atoms with van der Waals surface area (Å²) in [6.07, 6.45) is 0.909. The largest absolute Gasteiger partial charge is 0.354 e. The van der Waals surface area contributed by atoms with E-state index in [2.05, 4.69) is 15.3 Å². The number of nitro groups is 1. The fourth-order valence-corrected chi connectivity index (χ4v) is 2.13. The highest BCUT2D eigenvalue weighted by molar-refractivity contribution is 6.30. The van der Waals surface area contributed by atoms with Crippen molar-refractivity contribution in [3.05, 3.63) is 45.1 Å². The van der Waals surface area contributed by atoms with E-state index < -0.39 is 4.92 Å². The van der Waals surface area contributed by atoms with Gasteiger partial charge in [0, 0.05) is 17.1 Å². The van der Waals surface area contributed by atoms with Crippen LogP contribution in [0.2, 0.25) is 5.02 Å². The molecule has 1 aromatic heterocycles. The molecule has 0 aliphatic heterocycles. The van der Waals surface area contributed by atoms with Gasteiger partial charge in [-0.3, -0.25) is 10.1 Å². The first kappa shape index (κ1) is 15.2. The molecule has 0 spiro atoms. The Labute approximate surface area is 127 Å². The van der Waals surface area contributed by atoms with Crippen LogP contribution in [-0.4, -0.2) is 21.4 Å². The molecular formula is C14H15ClN4O2. The second-order valence-corrected chi connectivity index (χ2v) is 4.96. The molecule has 0 aliphatic carbocycles. The van der Waals surface area contributed by atoms with Crippen LogP contribution in [0.1, 0.15) is 19.0 Å². The summed E-state index contributed by atoms with van der Waals surface area (Å²) in [5.74, 6) is 0.384. The van der Waals surface area contributed by atoms with Gasteiger partial charge in [0.1, 0.15) is 5.69 Å². The normalized spacial score (nSPS) is 10.4. The number of hydrogen-bond acceptors (Lipinski definition) is 5. The van der Waals surface area contributed by atoms with E-state index in [4.69, 9.17) is 11.6 Å². The summed E-state index contributed by atoms with van der Waals surface area (Å²) < 4.78 is 0. The summed E-state index contributed by atoms with van der Waals surface area (Å²) >= 11 is 5.96. The Morgan fingerprint density at radius 1 is 1.38 bits per heavy atom. The van der Waals surface area contributed by atoms with Crippen LogP contribution in [0, 0.1) is 17.0 Å². The van der Waals surface area contributed by atoms with Crippen molar-refractivity contribution < 1.29 is 4.92 Å². The lowest BCUT2D eigenvalue weighted by molar-refractivity contribution is -0.385. The highest BCUT2D eigenvalue weighted by Crippen LogP contribution is 2.32. The van der Waals surface area contributed by atoms with E-state index in [0.717, 1.165) is 6.42 Å². The fourth-order valence-electron chi connectivity index (χ4n) is 1.94. The Bertz CT molecular complexity index is 676. The van der Waals surface area contributed by atoms with E-state index in [0.29, 0.717) is 28.8 Å². The third-order valence-electron chi connectivity index (χ3n) is 2.87. The van der Waals surface area contributed by atoms with Crippen LogP contribution in [0.15, 0.2) is 24.3 Å². The molecule has 21 heavy (non-hydrogen) atoms. The molecule has 2 aromatic rings. The van der Waals surface area contributed by atoms with Crippen molar-refractivity contribution in [2.75, 3.05) is 11.9 Å². The Morgan fingerprint density at radius 3 is 2.76 bits per heavy atom. The topological polar surface area (TPSA) is 81.0 Å². The van der Waals surface area contributed by atoms with Gasteiger partial charge in [-0.2, -0.15) is 0 Å². The van der Waals surface area contributed by atoms with Crippen molar-refractivity contribution in [1.29, 1.82) is 0 Å². The Hall–Kier alpha value is -2.21. The number of aryl methyl sites for hydroxylation is 1. The highest BCUT2D eigenvalue weighted by Gasteiger charge is 2.23. The average molecular weight is 307 g/mol. The molecule has 6 nitrogen and oxygen atoms in total. The molecule has 0 amide bonds. The Morgan fingerprint density at radius 2 is 2.14 bits per heavy atom. The maximum absolute atomic E-state index is 11.3. The standard InChI is InChI=1S/C14H15ClN4O2/c1-3-7-16-14-17-9(2)13(19(20)21)12(18-14)10-5-4-6-11(15)8-10/h4-6,8H,3,7H2,1-2H3,(H,16,17,18). The van der Waals surface area contributed by atoms with Gasteiger partial charge in [-0.15, -0.1) is 0 Å². The van der Waals surface area contributed by atoms with Crippen LogP contribution >= 0.6 is 11.6 Å². The van der Waals surface area contributed by atoms with E-state index in [9.17, 15) is 10.1 Å². The third kappa shape index (κ3) is 3.46. The molecule has 0 aliphatic rings. The first-order chi connectivity index (χ1) is 10.0. The SMILES string of the molecule is CCCNc1nc(C)c([N+](=O)[O-])c(-c2cccc(Cl)c2)n1. The second kappa shape index (κ2) is 6.49. The summed E-state index contributed by atoms with van der Waals surface area (Å²) in [5.41, 5.74) is 1.09. The summed E-state index contributed by atoms with van der Waals surface area (Å²) in [7, 11) is 0. The lowest BCUT2D eigenvalue weighted by atomic mass is 10.1. The van der Waals surface area contributed by atoms with E-state index in [1.54, 1.807) is 31.2 Å². The second-order valence-electron chi connectivity index (χ2n) is 4.52. The van der Waals surface area contributed by atoms with Crippen molar-refractivity contribution in [3.63, 3.8) is 0 Å². The van der Waals surface area contributed by atoms with Crippen LogP contribution in [0.3, 0.4) is 0 Å². The molecule has 0 bridgehead atoms. The van der Waals surface area contributed by atoms with Crippen molar-refractivity contribution in [3.8, 4) is 11.3 Å². The highest BCUT2D eigenvalue weighted by atomic mass is 35.5. The monoisotopic (exact) mass is 306 g/mol. The molecule has 0 saturated heterocycles. The van der Waals surface area contributed by atoms with E-state index in [1.807, 2.05) is 6.92 Å². The molecular weight excluding hydrogens is 292 g/mol. The smallest absolute Gasteiger partial charge is 0.316 e. The zero-order chi connectivity index (χ0) is 15.4. The minimum atomic E-state index is -0.463. The predicted molar refractivity (Wildman–Crippen MR) is 82.7 cm³/mol. The van der Waals surface area contributed by atoms with E-state index in [1.165, 1.54) is 0 Å². The molecule has 1 N–H and O–H groups in total. The van der Waals surface area contributed by atoms with Gasteiger partial charge in [-0.1, -0.05) is 30.7 Å². The van der Waals surface area contributed by atoms with Crippen LogP contribution in [0.5, 0.6) is 0 Å². The van der Waals surface area contributed by atoms with Crippen LogP contribution in [0.4, 0.5) is 11.6 Å². The van der Waals surface area contributed by atoms with Gasteiger partial charge in [0.25, 0.3) is 0 Å². The lowest BCUT2D eigenvalue weighted by Gasteiger charge is -2.09. The maximum atomic E-state index is 11.3. The summed E-state index contributed by atoms with van der Waals surface area (Å²) in [6.45, 7) is 4.32. The van der Waals surface area contributed by atoms with Crippen LogP contribution in [0.25, 0.3) is 11.3 Å². The number of aromatic nitrogens is 2. The van der Waals surface area contributed by atoms with Gasteiger partial charge in [-0.05, 0) is 25.5 Å². The summed E-state index contributed by atoms with van der Waals surface area (Å²) in [6, 6.07) is 6.84. The minimum absolute atomic E-state index is 0.0979. The number of halogens is 1. The number of anilines is 1. The molecule has 0 radical (unpaired) electrons. The fraction of sp³-hybridized carbons (Fsp3) is 0.286. The van der Waals surface area contributed by atoms with Gasteiger partial charge in [0.15, 0.2) is 5.69 Å². The van der Waals surface area contributed by atoms with Crippen molar-refractivity contribution in [2.24, 2.45) is 0 Å². The van der Waals surface area contributed by atoms with Crippen molar-refractivity contribution >= 4 is 23.2 Å². The van der Waals surface area contributed by atoms with Crippen molar-refractivity contribution in [2.45, 2.75) is 20.3 Å². The van der Waals surface area contributed by atoms with Gasteiger partial charge < -0.3 is 5.32 Å². The summed E-state index contributed by atoms with van der Waals surface area (Å²) in [5, 5.41) is 14.8. The van der Waals surface area contributed by atoms with Gasteiger partial charge in [0.05, 0.1) is 4.92 Å². The Balaban J connectivity index is 2.59. The third-order valence-corrected chi connectivity index (χ3v) is 3.11. The quantitative estimate of drug-likeness (QED) is 0.670. The van der Waals surface area contributed by atoms with E-state index in [-0.39, 0.29) is 11.4 Å². The molecule has 0 saturated carbocycles. The van der Waals surface area contributed by atoms with Crippen LogP contribution < -0.4 is 5.32 Å². The molecule has 0 atom stereocenters. The Kier molecular flexibility index (Phi) is 4.70. The predicted octanol–water partition coefficient (Wildman–Crippen LogP) is 3.84. The molecule has 0 fully saturated rings. The zero-order valence-electron chi connectivity index (χ0n) is 11.8.